The molecule has 4 heteroatoms. The Morgan fingerprint density at radius 3 is 2.08 bits per heavy atom. The van der Waals surface area contributed by atoms with Crippen LogP contribution in [0.1, 0.15) is 20.8 Å². The van der Waals surface area contributed by atoms with Crippen LogP contribution in [-0.4, -0.2) is 47.3 Å². The Hall–Kier alpha value is -1.06. The van der Waals surface area contributed by atoms with Gasteiger partial charge in [-0.25, -0.2) is 0 Å². The van der Waals surface area contributed by atoms with E-state index in [4.69, 9.17) is 0 Å². The molecule has 0 aromatic carbocycles. The minimum Gasteiger partial charge on any atom is -0.336 e. The van der Waals surface area contributed by atoms with Crippen molar-refractivity contribution >= 4 is 11.8 Å². The van der Waals surface area contributed by atoms with Crippen molar-refractivity contribution in [3.8, 4) is 0 Å². The summed E-state index contributed by atoms with van der Waals surface area (Å²) in [7, 11) is 1.65. The second-order valence-corrected chi connectivity index (χ2v) is 4.35. The van der Waals surface area contributed by atoms with Crippen LogP contribution in [0.25, 0.3) is 0 Å². The van der Waals surface area contributed by atoms with Crippen molar-refractivity contribution in [2.24, 2.45) is 0 Å². The van der Waals surface area contributed by atoms with E-state index >= 15 is 0 Å². The molecule has 0 saturated carbocycles. The van der Waals surface area contributed by atoms with E-state index in [1.807, 2.05) is 20.8 Å². The number of likely N-dealkylation sites (N-methyl/N-ethyl adjacent to an activating group) is 1. The van der Waals surface area contributed by atoms with Crippen LogP contribution >= 0.6 is 0 Å². The number of carbonyl (C=O) groups is 2. The number of rotatable bonds is 0. The number of piperazine rings is 1. The van der Waals surface area contributed by atoms with Crippen LogP contribution in [0.2, 0.25) is 0 Å². The summed E-state index contributed by atoms with van der Waals surface area (Å²) < 4.78 is 0. The summed E-state index contributed by atoms with van der Waals surface area (Å²) in [4.78, 5) is 25.9. The van der Waals surface area contributed by atoms with Crippen LogP contribution in [-0.2, 0) is 9.59 Å². The largest absolute Gasteiger partial charge is 0.336 e. The summed E-state index contributed by atoms with van der Waals surface area (Å²) in [6.07, 6.45) is 0. The van der Waals surface area contributed by atoms with Crippen molar-refractivity contribution < 1.29 is 9.59 Å². The van der Waals surface area contributed by atoms with Crippen molar-refractivity contribution in [1.82, 2.24) is 9.80 Å². The lowest BCUT2D eigenvalue weighted by Crippen LogP contribution is -2.58. The van der Waals surface area contributed by atoms with Crippen molar-refractivity contribution in [1.29, 1.82) is 0 Å². The highest BCUT2D eigenvalue weighted by molar-refractivity contribution is 6.35. The first-order valence-corrected chi connectivity index (χ1v) is 4.41. The molecule has 0 atom stereocenters. The molecule has 0 spiro atoms. The molecule has 1 rings (SSSR count). The van der Waals surface area contributed by atoms with Gasteiger partial charge in [0.1, 0.15) is 0 Å². The molecule has 0 unspecified atom stereocenters. The molecule has 0 radical (unpaired) electrons. The fourth-order valence-electron chi connectivity index (χ4n) is 1.37. The second-order valence-electron chi connectivity index (χ2n) is 4.35. The Kier molecular flexibility index (Phi) is 2.32. The highest BCUT2D eigenvalue weighted by Gasteiger charge is 2.36. The lowest BCUT2D eigenvalue weighted by atomic mass is 10.0. The van der Waals surface area contributed by atoms with Crippen LogP contribution in [0.3, 0.4) is 0 Å². The molecule has 0 bridgehead atoms. The first kappa shape index (κ1) is 10.0. The minimum atomic E-state index is -0.402. The summed E-state index contributed by atoms with van der Waals surface area (Å²) in [5.41, 5.74) is -0.256. The van der Waals surface area contributed by atoms with Crippen LogP contribution < -0.4 is 0 Å². The van der Waals surface area contributed by atoms with Gasteiger partial charge in [0.15, 0.2) is 0 Å². The SMILES string of the molecule is CN1CCN(C(C)(C)C)C(=O)C1=O. The Morgan fingerprint density at radius 2 is 1.62 bits per heavy atom. The van der Waals surface area contributed by atoms with E-state index in [1.165, 1.54) is 4.90 Å². The van der Waals surface area contributed by atoms with Gasteiger partial charge in [0.05, 0.1) is 0 Å². The first-order chi connectivity index (χ1) is 5.84. The molecule has 74 valence electrons. The van der Waals surface area contributed by atoms with E-state index in [2.05, 4.69) is 0 Å². The van der Waals surface area contributed by atoms with E-state index in [0.717, 1.165) is 0 Å². The molecular formula is C9H16N2O2. The fraction of sp³-hybridized carbons (Fsp3) is 0.778. The van der Waals surface area contributed by atoms with E-state index in [-0.39, 0.29) is 11.4 Å². The van der Waals surface area contributed by atoms with Crippen LogP contribution in [0.4, 0.5) is 0 Å². The van der Waals surface area contributed by atoms with Crippen molar-refractivity contribution in [2.75, 3.05) is 20.1 Å². The van der Waals surface area contributed by atoms with Gasteiger partial charge in [0.25, 0.3) is 0 Å². The third-order valence-corrected chi connectivity index (χ3v) is 2.24. The summed E-state index contributed by atoms with van der Waals surface area (Å²) >= 11 is 0. The maximum atomic E-state index is 11.5. The zero-order chi connectivity index (χ0) is 10.2. The summed E-state index contributed by atoms with van der Waals surface area (Å²) in [6.45, 7) is 7.06. The Labute approximate surface area is 78.5 Å². The van der Waals surface area contributed by atoms with Crippen LogP contribution in [0.15, 0.2) is 0 Å². The number of amides is 2. The highest BCUT2D eigenvalue weighted by Crippen LogP contribution is 2.16. The molecule has 13 heavy (non-hydrogen) atoms. The fourth-order valence-corrected chi connectivity index (χ4v) is 1.37. The molecule has 1 aliphatic heterocycles. The van der Waals surface area contributed by atoms with Gasteiger partial charge in [0, 0.05) is 25.7 Å². The minimum absolute atomic E-state index is 0.256. The van der Waals surface area contributed by atoms with E-state index in [1.54, 1.807) is 11.9 Å². The van der Waals surface area contributed by atoms with Crippen molar-refractivity contribution in [2.45, 2.75) is 26.3 Å². The predicted molar refractivity (Wildman–Crippen MR) is 49.1 cm³/mol. The summed E-state index contributed by atoms with van der Waals surface area (Å²) in [6, 6.07) is 0. The first-order valence-electron chi connectivity index (χ1n) is 4.41. The number of carbonyl (C=O) groups excluding carboxylic acids is 2. The van der Waals surface area contributed by atoms with E-state index < -0.39 is 5.91 Å². The standard InChI is InChI=1S/C9H16N2O2/c1-9(2,3)11-6-5-10(4)7(12)8(11)13/h5-6H2,1-4H3. The van der Waals surface area contributed by atoms with Gasteiger partial charge >= 0.3 is 11.8 Å². The number of hydrogen-bond acceptors (Lipinski definition) is 2. The molecule has 0 aromatic heterocycles. The normalized spacial score (nSPS) is 19.7. The predicted octanol–water partition coefficient (Wildman–Crippen LogP) is 0.0855. The van der Waals surface area contributed by atoms with E-state index in [9.17, 15) is 9.59 Å². The summed E-state index contributed by atoms with van der Waals surface area (Å²) in [5, 5.41) is 0. The van der Waals surface area contributed by atoms with Crippen molar-refractivity contribution in [3.05, 3.63) is 0 Å². The molecule has 2 amide bonds. The topological polar surface area (TPSA) is 40.6 Å². The number of nitrogens with zero attached hydrogens (tertiary/aromatic N) is 2. The molecule has 0 aromatic rings. The Bertz CT molecular complexity index is 242. The van der Waals surface area contributed by atoms with Gasteiger partial charge in [-0.05, 0) is 20.8 Å². The third-order valence-electron chi connectivity index (χ3n) is 2.24. The highest BCUT2D eigenvalue weighted by atomic mass is 16.2. The zero-order valence-corrected chi connectivity index (χ0v) is 8.63. The van der Waals surface area contributed by atoms with Gasteiger partial charge in [-0.15, -0.1) is 0 Å². The van der Waals surface area contributed by atoms with Gasteiger partial charge in [-0.1, -0.05) is 0 Å². The van der Waals surface area contributed by atoms with Gasteiger partial charge in [0.2, 0.25) is 0 Å². The van der Waals surface area contributed by atoms with Gasteiger partial charge in [-0.2, -0.15) is 0 Å². The van der Waals surface area contributed by atoms with Gasteiger partial charge < -0.3 is 9.80 Å². The Balaban J connectivity index is 2.82. The van der Waals surface area contributed by atoms with Crippen LogP contribution in [0.5, 0.6) is 0 Å². The second kappa shape index (κ2) is 3.01. The molecule has 0 aliphatic carbocycles. The van der Waals surface area contributed by atoms with Crippen molar-refractivity contribution in [3.63, 3.8) is 0 Å². The number of hydrogen-bond donors (Lipinski definition) is 0. The average Bonchev–Trinajstić information content (AvgIpc) is 1.98. The lowest BCUT2D eigenvalue weighted by molar-refractivity contribution is -0.158. The maximum Gasteiger partial charge on any atom is 0.312 e. The molecule has 0 N–H and O–H groups in total. The lowest BCUT2D eigenvalue weighted by Gasteiger charge is -2.40. The molecule has 4 nitrogen and oxygen atoms in total. The maximum absolute atomic E-state index is 11.5. The third kappa shape index (κ3) is 1.82. The molecule has 1 fully saturated rings. The van der Waals surface area contributed by atoms with Crippen LogP contribution in [0, 0.1) is 0 Å². The molecule has 1 aliphatic rings. The summed E-state index contributed by atoms with van der Waals surface area (Å²) in [5.74, 6) is -0.789. The average molecular weight is 184 g/mol. The zero-order valence-electron chi connectivity index (χ0n) is 8.63. The smallest absolute Gasteiger partial charge is 0.312 e. The van der Waals surface area contributed by atoms with E-state index in [0.29, 0.717) is 13.1 Å². The van der Waals surface area contributed by atoms with Gasteiger partial charge in [-0.3, -0.25) is 9.59 Å². The molecule has 1 heterocycles. The quantitative estimate of drug-likeness (QED) is 0.500. The molecular weight excluding hydrogens is 168 g/mol. The Morgan fingerprint density at radius 1 is 1.08 bits per heavy atom. The molecule has 1 saturated heterocycles. The monoisotopic (exact) mass is 184 g/mol.